The molecule has 0 rings (SSSR count). The van der Waals surface area contributed by atoms with Crippen molar-refractivity contribution >= 4 is 0 Å². The van der Waals surface area contributed by atoms with E-state index in [9.17, 15) is 0 Å². The van der Waals surface area contributed by atoms with Crippen LogP contribution in [0.2, 0.25) is 0 Å². The summed E-state index contributed by atoms with van der Waals surface area (Å²) >= 11 is 0. The predicted molar refractivity (Wildman–Crippen MR) is 0 cm³/mol. The molecule has 0 nitrogen and oxygen atoms in total. The first-order chi connectivity index (χ1) is 0. The Labute approximate surface area is 87.9 Å². The van der Waals surface area contributed by atoms with Crippen molar-refractivity contribution in [2.45, 2.75) is 0 Å². The maximum atomic E-state index is 0. The van der Waals surface area contributed by atoms with Crippen LogP contribution < -0.4 is 0 Å². The van der Waals surface area contributed by atoms with Gasteiger partial charge >= 0.3 is 0 Å². The first kappa shape index (κ1) is 46.6. The maximum absolute atomic E-state index is 0. The average molecular weight is 325 g/mol. The molecule has 5 heavy (non-hydrogen) atoms. The molecule has 40 valence electrons. The molecule has 0 unspecified atom stereocenters. The summed E-state index contributed by atoms with van der Waals surface area (Å²) in [6.45, 7) is 0. The molecule has 0 saturated carbocycles. The third kappa shape index (κ3) is 20.1. The minimum Gasteiger partial charge on any atom is 0 e. The van der Waals surface area contributed by atoms with Crippen LogP contribution in [-0.2, 0) is 89.1 Å². The standard InChI is InChI=1S/Cr.Cu.Mn.Mo.Ni. The molecule has 0 heterocycles. The van der Waals surface area contributed by atoms with Gasteiger partial charge in [-0.1, -0.05) is 0 Å². The van der Waals surface area contributed by atoms with Crippen LogP contribution >= 0.6 is 0 Å². The van der Waals surface area contributed by atoms with E-state index in [0.29, 0.717) is 0 Å². The summed E-state index contributed by atoms with van der Waals surface area (Å²) in [7, 11) is 0. The Morgan fingerprint density at radius 1 is 1.00 bits per heavy atom. The minimum atomic E-state index is 0. The Morgan fingerprint density at radius 2 is 1.00 bits per heavy atom. The van der Waals surface area contributed by atoms with E-state index in [2.05, 4.69) is 0 Å². The predicted octanol–water partition coefficient (Wildman–Crippen LogP) is -0.0125. The Kier molecular flexibility index (Phi) is 275. The van der Waals surface area contributed by atoms with E-state index in [4.69, 9.17) is 0 Å². The van der Waals surface area contributed by atoms with Crippen LogP contribution in [0.25, 0.3) is 0 Å². The second-order valence-corrected chi connectivity index (χ2v) is 0. The van der Waals surface area contributed by atoms with E-state index in [1.54, 1.807) is 0 Å². The Hall–Kier alpha value is 2.75. The van der Waals surface area contributed by atoms with E-state index in [1.807, 2.05) is 0 Å². The second-order valence-electron chi connectivity index (χ2n) is 0. The van der Waals surface area contributed by atoms with Gasteiger partial charge in [-0.15, -0.1) is 0 Å². The molecule has 5 heteroatoms. The largest absolute Gasteiger partial charge is 0 e. The molecular weight excluding hydrogens is 325 g/mol. The van der Waals surface area contributed by atoms with E-state index < -0.39 is 0 Å². The van der Waals surface area contributed by atoms with Crippen LogP contribution in [0.4, 0.5) is 0 Å². The number of hydrogen-bond donors (Lipinski definition) is 0. The van der Waals surface area contributed by atoms with Crippen LogP contribution in [0.5, 0.6) is 0 Å². The molecule has 0 aromatic heterocycles. The van der Waals surface area contributed by atoms with Crippen molar-refractivity contribution in [2.75, 3.05) is 0 Å². The summed E-state index contributed by atoms with van der Waals surface area (Å²) in [5.74, 6) is 0. The molecule has 0 aromatic rings. The monoisotopic (exact) mass is 326 g/mol. The van der Waals surface area contributed by atoms with Crippen molar-refractivity contribution in [3.8, 4) is 0 Å². The summed E-state index contributed by atoms with van der Waals surface area (Å²) in [4.78, 5) is 0. The van der Waals surface area contributed by atoms with Crippen molar-refractivity contribution in [1.82, 2.24) is 0 Å². The maximum Gasteiger partial charge on any atom is 0 e. The zero-order valence-corrected chi connectivity index (χ0v) is 8.20. The molecule has 0 spiro atoms. The van der Waals surface area contributed by atoms with Gasteiger partial charge in [0.05, 0.1) is 0 Å². The van der Waals surface area contributed by atoms with Gasteiger partial charge in [-0.2, -0.15) is 0 Å². The van der Waals surface area contributed by atoms with Crippen molar-refractivity contribution < 1.29 is 89.1 Å². The van der Waals surface area contributed by atoms with E-state index in [0.717, 1.165) is 0 Å². The fourth-order valence-electron chi connectivity index (χ4n) is 0. The van der Waals surface area contributed by atoms with Gasteiger partial charge in [-0.25, -0.2) is 0 Å². The molecule has 0 aliphatic heterocycles. The molecule has 0 aliphatic rings. The number of rotatable bonds is 0. The summed E-state index contributed by atoms with van der Waals surface area (Å²) in [6, 6.07) is 0. The fraction of sp³-hybridized carbons (Fsp3) is 0. The van der Waals surface area contributed by atoms with Crippen molar-refractivity contribution in [3.63, 3.8) is 0 Å². The van der Waals surface area contributed by atoms with Gasteiger partial charge in [-0.05, 0) is 0 Å². The van der Waals surface area contributed by atoms with Gasteiger partial charge in [-0.3, -0.25) is 0 Å². The van der Waals surface area contributed by atoms with Crippen LogP contribution in [0.3, 0.4) is 0 Å². The SMILES string of the molecule is [Cr].[Cu].[Mn].[Mo].[Ni]. The van der Waals surface area contributed by atoms with Crippen LogP contribution in [0.15, 0.2) is 0 Å². The zero-order chi connectivity index (χ0) is 0. The summed E-state index contributed by atoms with van der Waals surface area (Å²) < 4.78 is 0. The molecule has 0 aliphatic carbocycles. The molecule has 0 atom stereocenters. The van der Waals surface area contributed by atoms with Crippen molar-refractivity contribution in [3.05, 3.63) is 0 Å². The molecule has 0 bridgehead atoms. The van der Waals surface area contributed by atoms with Crippen LogP contribution in [0.1, 0.15) is 0 Å². The van der Waals surface area contributed by atoms with Gasteiger partial charge in [0.15, 0.2) is 0 Å². The van der Waals surface area contributed by atoms with Gasteiger partial charge < -0.3 is 0 Å². The average Bonchev–Trinajstić information content (AvgIpc) is 0. The van der Waals surface area contributed by atoms with Gasteiger partial charge in [0.1, 0.15) is 0 Å². The molecule has 0 fully saturated rings. The minimum absolute atomic E-state index is 0. The molecule has 0 aromatic carbocycles. The van der Waals surface area contributed by atoms with Crippen molar-refractivity contribution in [1.29, 1.82) is 0 Å². The third-order valence-electron chi connectivity index (χ3n) is 0. The van der Waals surface area contributed by atoms with Gasteiger partial charge in [0.2, 0.25) is 0 Å². The normalized spacial score (nSPS) is 0. The molecule has 2 radical (unpaired) electrons. The Balaban J connectivity index is 0. The molecule has 0 saturated heterocycles. The van der Waals surface area contributed by atoms with E-state index in [1.165, 1.54) is 0 Å². The summed E-state index contributed by atoms with van der Waals surface area (Å²) in [5.41, 5.74) is 0. The molecular formula is CrCuMnMoNi. The van der Waals surface area contributed by atoms with Gasteiger partial charge in [0.25, 0.3) is 0 Å². The van der Waals surface area contributed by atoms with Crippen molar-refractivity contribution in [2.24, 2.45) is 0 Å². The van der Waals surface area contributed by atoms with Crippen LogP contribution in [-0.4, -0.2) is 0 Å². The van der Waals surface area contributed by atoms with Gasteiger partial charge in [0, 0.05) is 89.1 Å². The summed E-state index contributed by atoms with van der Waals surface area (Å²) in [6.07, 6.45) is 0. The fourth-order valence-corrected chi connectivity index (χ4v) is 0. The van der Waals surface area contributed by atoms with Crippen LogP contribution in [0, 0.1) is 0 Å². The topological polar surface area (TPSA) is 0 Å². The van der Waals surface area contributed by atoms with E-state index >= 15 is 0 Å². The summed E-state index contributed by atoms with van der Waals surface area (Å²) in [5, 5.41) is 0. The quantitative estimate of drug-likeness (QED) is 0.550. The smallest absolute Gasteiger partial charge is 0 e. The number of hydrogen-bond acceptors (Lipinski definition) is 0. The second kappa shape index (κ2) is 29.5. The molecule has 0 N–H and O–H groups in total. The third-order valence-corrected chi connectivity index (χ3v) is 0. The Morgan fingerprint density at radius 3 is 1.00 bits per heavy atom. The first-order valence-electron chi connectivity index (χ1n) is 0. The van der Waals surface area contributed by atoms with E-state index in [-0.39, 0.29) is 89.1 Å². The molecule has 0 amide bonds. The zero-order valence-electron chi connectivity index (χ0n) is 1.81. The Bertz CT molecular complexity index is 11.6. The first-order valence-corrected chi connectivity index (χ1v) is 0.